The molecule has 0 amide bonds. The zero-order valence-electron chi connectivity index (χ0n) is 8.50. The Kier molecular flexibility index (Phi) is 3.79. The lowest BCUT2D eigenvalue weighted by Crippen LogP contribution is -2.10. The number of alkyl halides is 1. The molecule has 0 N–H and O–H groups in total. The van der Waals surface area contributed by atoms with Crippen molar-refractivity contribution in [2.75, 3.05) is 0 Å². The van der Waals surface area contributed by atoms with Gasteiger partial charge in [0.25, 0.3) is 0 Å². The van der Waals surface area contributed by atoms with Crippen molar-refractivity contribution in [3.8, 4) is 0 Å². The lowest BCUT2D eigenvalue weighted by molar-refractivity contribution is 0.554. The molecule has 74 valence electrons. The van der Waals surface area contributed by atoms with Gasteiger partial charge in [0.2, 0.25) is 0 Å². The monoisotopic (exact) mass is 200 g/mol. The van der Waals surface area contributed by atoms with Gasteiger partial charge in [0, 0.05) is 31.2 Å². The van der Waals surface area contributed by atoms with Crippen molar-refractivity contribution < 1.29 is 0 Å². The third-order valence-electron chi connectivity index (χ3n) is 2.29. The normalized spacial score (nSPS) is 13.6. The van der Waals surface area contributed by atoms with E-state index >= 15 is 0 Å². The predicted molar refractivity (Wildman–Crippen MR) is 56.0 cm³/mol. The number of halogens is 1. The Balaban J connectivity index is 2.39. The maximum absolute atomic E-state index is 6.15. The summed E-state index contributed by atoms with van der Waals surface area (Å²) in [4.78, 5) is 4.25. The van der Waals surface area contributed by atoms with Crippen LogP contribution in [0.25, 0.3) is 0 Å². The van der Waals surface area contributed by atoms with Crippen LogP contribution in [0.5, 0.6) is 0 Å². The summed E-state index contributed by atoms with van der Waals surface area (Å²) in [5, 5.41) is 0.261. The van der Waals surface area contributed by atoms with E-state index < -0.39 is 0 Å². The summed E-state index contributed by atoms with van der Waals surface area (Å²) in [6, 6.07) is 0. The van der Waals surface area contributed by atoms with Crippen molar-refractivity contribution in [2.24, 2.45) is 13.0 Å². The van der Waals surface area contributed by atoms with E-state index in [-0.39, 0.29) is 5.38 Å². The molecule has 1 unspecified atom stereocenters. The molecule has 0 aliphatic heterocycles. The van der Waals surface area contributed by atoms with Gasteiger partial charge in [0.1, 0.15) is 5.82 Å². The summed E-state index contributed by atoms with van der Waals surface area (Å²) in [6.07, 6.45) is 5.77. The topological polar surface area (TPSA) is 17.8 Å². The molecule has 1 heterocycles. The first-order valence-corrected chi connectivity index (χ1v) is 5.15. The van der Waals surface area contributed by atoms with Gasteiger partial charge in [-0.1, -0.05) is 13.8 Å². The van der Waals surface area contributed by atoms with E-state index in [0.29, 0.717) is 5.92 Å². The molecule has 0 saturated heterocycles. The number of hydrogen-bond donors (Lipinski definition) is 0. The summed E-state index contributed by atoms with van der Waals surface area (Å²) >= 11 is 6.15. The predicted octanol–water partition coefficient (Wildman–Crippen LogP) is 2.62. The van der Waals surface area contributed by atoms with Gasteiger partial charge in [-0.2, -0.15) is 0 Å². The van der Waals surface area contributed by atoms with Crippen LogP contribution in [0.4, 0.5) is 0 Å². The van der Waals surface area contributed by atoms with E-state index in [1.807, 2.05) is 24.0 Å². The molecule has 3 heteroatoms. The van der Waals surface area contributed by atoms with Crippen LogP contribution in [-0.2, 0) is 13.5 Å². The molecule has 2 nitrogen and oxygen atoms in total. The molecule has 1 aromatic heterocycles. The minimum absolute atomic E-state index is 0.261. The number of nitrogens with zero attached hydrogens (tertiary/aromatic N) is 2. The van der Waals surface area contributed by atoms with Gasteiger partial charge in [-0.15, -0.1) is 11.6 Å². The molecule has 0 bridgehead atoms. The SMILES string of the molecule is CC(C)C(Cl)CCc1nccn1C. The number of aromatic nitrogens is 2. The molecule has 0 aliphatic rings. The Morgan fingerprint density at radius 1 is 1.54 bits per heavy atom. The van der Waals surface area contributed by atoms with Crippen LogP contribution in [0.1, 0.15) is 26.1 Å². The molecule has 1 atom stereocenters. The van der Waals surface area contributed by atoms with Crippen molar-refractivity contribution >= 4 is 11.6 Å². The Labute approximate surface area is 84.9 Å². The molecule has 0 aliphatic carbocycles. The maximum Gasteiger partial charge on any atom is 0.108 e. The first-order chi connectivity index (χ1) is 6.11. The van der Waals surface area contributed by atoms with Gasteiger partial charge >= 0.3 is 0 Å². The highest BCUT2D eigenvalue weighted by Gasteiger charge is 2.10. The van der Waals surface area contributed by atoms with Gasteiger partial charge in [-0.25, -0.2) is 4.98 Å². The second-order valence-corrected chi connectivity index (χ2v) is 4.31. The average molecular weight is 201 g/mol. The van der Waals surface area contributed by atoms with E-state index in [1.165, 1.54) is 0 Å². The van der Waals surface area contributed by atoms with E-state index in [9.17, 15) is 0 Å². The van der Waals surface area contributed by atoms with Crippen LogP contribution < -0.4 is 0 Å². The number of imidazole rings is 1. The van der Waals surface area contributed by atoms with Crippen LogP contribution in [0.2, 0.25) is 0 Å². The first kappa shape index (κ1) is 10.6. The highest BCUT2D eigenvalue weighted by Crippen LogP contribution is 2.15. The van der Waals surface area contributed by atoms with Crippen molar-refractivity contribution in [2.45, 2.75) is 32.1 Å². The second-order valence-electron chi connectivity index (χ2n) is 3.75. The summed E-state index contributed by atoms with van der Waals surface area (Å²) in [5.74, 6) is 1.66. The largest absolute Gasteiger partial charge is 0.338 e. The minimum Gasteiger partial charge on any atom is -0.338 e. The molecule has 0 spiro atoms. The molecule has 13 heavy (non-hydrogen) atoms. The van der Waals surface area contributed by atoms with Crippen LogP contribution in [0.15, 0.2) is 12.4 Å². The van der Waals surface area contributed by atoms with Gasteiger partial charge in [-0.3, -0.25) is 0 Å². The summed E-state index contributed by atoms with van der Waals surface area (Å²) < 4.78 is 2.05. The van der Waals surface area contributed by atoms with Crippen LogP contribution in [0, 0.1) is 5.92 Å². The standard InChI is InChI=1S/C10H17ClN2/c1-8(2)9(11)4-5-10-12-6-7-13(10)3/h6-9H,4-5H2,1-3H3. The minimum atomic E-state index is 0.261. The van der Waals surface area contributed by atoms with E-state index in [2.05, 4.69) is 18.8 Å². The quantitative estimate of drug-likeness (QED) is 0.684. The van der Waals surface area contributed by atoms with Crippen molar-refractivity contribution in [3.05, 3.63) is 18.2 Å². The lowest BCUT2D eigenvalue weighted by Gasteiger charge is -2.12. The molecule has 1 rings (SSSR count). The maximum atomic E-state index is 6.15. The second kappa shape index (κ2) is 4.66. The highest BCUT2D eigenvalue weighted by atomic mass is 35.5. The van der Waals surface area contributed by atoms with Gasteiger partial charge in [0.05, 0.1) is 0 Å². The van der Waals surface area contributed by atoms with Crippen LogP contribution >= 0.6 is 11.6 Å². The van der Waals surface area contributed by atoms with Crippen LogP contribution in [0.3, 0.4) is 0 Å². The number of aryl methyl sites for hydroxylation is 2. The third-order valence-corrected chi connectivity index (χ3v) is 3.01. The molecular weight excluding hydrogens is 184 g/mol. The fourth-order valence-electron chi connectivity index (χ4n) is 1.24. The van der Waals surface area contributed by atoms with Crippen molar-refractivity contribution in [3.63, 3.8) is 0 Å². The highest BCUT2D eigenvalue weighted by molar-refractivity contribution is 6.20. The molecule has 0 radical (unpaired) electrons. The fourth-order valence-corrected chi connectivity index (χ4v) is 1.35. The van der Waals surface area contributed by atoms with E-state index in [0.717, 1.165) is 18.7 Å². The molecule has 1 aromatic rings. The zero-order chi connectivity index (χ0) is 9.84. The van der Waals surface area contributed by atoms with Gasteiger partial charge in [-0.05, 0) is 12.3 Å². The average Bonchev–Trinajstić information content (AvgIpc) is 2.47. The fraction of sp³-hybridized carbons (Fsp3) is 0.700. The Morgan fingerprint density at radius 3 is 2.69 bits per heavy atom. The van der Waals surface area contributed by atoms with Gasteiger partial charge < -0.3 is 4.57 Å². The van der Waals surface area contributed by atoms with Crippen molar-refractivity contribution in [1.82, 2.24) is 9.55 Å². The zero-order valence-corrected chi connectivity index (χ0v) is 9.25. The van der Waals surface area contributed by atoms with Crippen LogP contribution in [-0.4, -0.2) is 14.9 Å². The summed E-state index contributed by atoms with van der Waals surface area (Å²) in [5.41, 5.74) is 0. The number of hydrogen-bond acceptors (Lipinski definition) is 1. The van der Waals surface area contributed by atoms with E-state index in [1.54, 1.807) is 0 Å². The molecular formula is C10H17ClN2. The summed E-state index contributed by atoms with van der Waals surface area (Å²) in [6.45, 7) is 4.30. The van der Waals surface area contributed by atoms with Crippen molar-refractivity contribution in [1.29, 1.82) is 0 Å². The first-order valence-electron chi connectivity index (χ1n) is 4.71. The third kappa shape index (κ3) is 3.03. The summed E-state index contributed by atoms with van der Waals surface area (Å²) in [7, 11) is 2.01. The number of rotatable bonds is 4. The smallest absolute Gasteiger partial charge is 0.108 e. The Morgan fingerprint density at radius 2 is 2.23 bits per heavy atom. The van der Waals surface area contributed by atoms with E-state index in [4.69, 9.17) is 11.6 Å². The molecule has 0 aromatic carbocycles. The Bertz CT molecular complexity index is 255. The van der Waals surface area contributed by atoms with Gasteiger partial charge in [0.15, 0.2) is 0 Å². The lowest BCUT2D eigenvalue weighted by atomic mass is 10.1. The molecule has 0 saturated carbocycles. The Hall–Kier alpha value is -0.500. The molecule has 0 fully saturated rings.